The van der Waals surface area contributed by atoms with E-state index < -0.39 is 0 Å². The van der Waals surface area contributed by atoms with Crippen LogP contribution in [-0.4, -0.2) is 15.5 Å². The first-order chi connectivity index (χ1) is 9.11. The molecular formula is C13H15BrClN3S. The Morgan fingerprint density at radius 3 is 3.00 bits per heavy atom. The number of halogens is 2. The molecule has 102 valence electrons. The first kappa shape index (κ1) is 14.9. The van der Waals surface area contributed by atoms with Crippen molar-refractivity contribution in [3.8, 4) is 0 Å². The molecule has 3 nitrogen and oxygen atoms in total. The molecule has 19 heavy (non-hydrogen) atoms. The lowest BCUT2D eigenvalue weighted by Gasteiger charge is -2.14. The summed E-state index contributed by atoms with van der Waals surface area (Å²) in [5, 5.41) is 4.86. The van der Waals surface area contributed by atoms with Crippen molar-refractivity contribution in [2.45, 2.75) is 24.4 Å². The van der Waals surface area contributed by atoms with Crippen molar-refractivity contribution in [3.63, 3.8) is 0 Å². The van der Waals surface area contributed by atoms with Crippen LogP contribution in [0.3, 0.4) is 0 Å². The van der Waals surface area contributed by atoms with Gasteiger partial charge in [-0.15, -0.1) is 11.8 Å². The standard InChI is InChI=1S/C13H15BrClN3S/c1-2-18-13(11(15)7-17-18)12(16)8-19-10-5-3-4-9(14)6-10/h3-7,12H,2,8,16H2,1H3. The number of hydrogen-bond acceptors (Lipinski definition) is 3. The molecule has 2 aromatic rings. The van der Waals surface area contributed by atoms with Crippen LogP contribution in [0.15, 0.2) is 39.8 Å². The van der Waals surface area contributed by atoms with Crippen LogP contribution in [0, 0.1) is 0 Å². The van der Waals surface area contributed by atoms with Gasteiger partial charge in [-0.05, 0) is 25.1 Å². The number of thioether (sulfide) groups is 1. The summed E-state index contributed by atoms with van der Waals surface area (Å²) in [6, 6.07) is 8.05. The maximum atomic E-state index is 6.22. The third-order valence-electron chi connectivity index (χ3n) is 2.71. The number of nitrogens with zero attached hydrogens (tertiary/aromatic N) is 2. The highest BCUT2D eigenvalue weighted by molar-refractivity contribution is 9.10. The van der Waals surface area contributed by atoms with Crippen LogP contribution in [0.5, 0.6) is 0 Å². The summed E-state index contributed by atoms with van der Waals surface area (Å²) in [7, 11) is 0. The lowest BCUT2D eigenvalue weighted by Crippen LogP contribution is -2.18. The van der Waals surface area contributed by atoms with E-state index in [4.69, 9.17) is 17.3 Å². The van der Waals surface area contributed by atoms with Crippen LogP contribution in [0.2, 0.25) is 5.02 Å². The maximum absolute atomic E-state index is 6.22. The van der Waals surface area contributed by atoms with Gasteiger partial charge in [0, 0.05) is 21.7 Å². The van der Waals surface area contributed by atoms with E-state index in [0.29, 0.717) is 5.02 Å². The van der Waals surface area contributed by atoms with Crippen LogP contribution in [0.4, 0.5) is 0 Å². The molecule has 1 aromatic carbocycles. The summed E-state index contributed by atoms with van der Waals surface area (Å²) >= 11 is 11.3. The highest BCUT2D eigenvalue weighted by Crippen LogP contribution is 2.28. The highest BCUT2D eigenvalue weighted by atomic mass is 79.9. The molecule has 0 radical (unpaired) electrons. The van der Waals surface area contributed by atoms with Crippen LogP contribution in [0.25, 0.3) is 0 Å². The average molecular weight is 361 g/mol. The monoisotopic (exact) mass is 359 g/mol. The number of aryl methyl sites for hydroxylation is 1. The van der Waals surface area contributed by atoms with Gasteiger partial charge in [0.2, 0.25) is 0 Å². The smallest absolute Gasteiger partial charge is 0.0834 e. The van der Waals surface area contributed by atoms with Crippen molar-refractivity contribution >= 4 is 39.3 Å². The van der Waals surface area contributed by atoms with Crippen LogP contribution in [-0.2, 0) is 6.54 Å². The predicted molar refractivity (Wildman–Crippen MR) is 84.7 cm³/mol. The fourth-order valence-corrected chi connectivity index (χ4v) is 3.56. The van der Waals surface area contributed by atoms with E-state index in [1.165, 1.54) is 4.90 Å². The summed E-state index contributed by atoms with van der Waals surface area (Å²) in [5.74, 6) is 0.766. The largest absolute Gasteiger partial charge is 0.322 e. The number of aromatic nitrogens is 2. The third kappa shape index (κ3) is 3.75. The Kier molecular flexibility index (Phi) is 5.33. The second-order valence-corrected chi connectivity index (χ2v) is 6.48. The summed E-state index contributed by atoms with van der Waals surface area (Å²) in [6.07, 6.45) is 1.66. The molecule has 1 atom stereocenters. The molecule has 0 fully saturated rings. The topological polar surface area (TPSA) is 43.8 Å². The van der Waals surface area contributed by atoms with Crippen LogP contribution >= 0.6 is 39.3 Å². The second kappa shape index (κ2) is 6.79. The Balaban J connectivity index is 2.05. The molecule has 0 aliphatic carbocycles. The van der Waals surface area contributed by atoms with Crippen molar-refractivity contribution < 1.29 is 0 Å². The van der Waals surface area contributed by atoms with Gasteiger partial charge in [0.1, 0.15) is 0 Å². The molecule has 0 aliphatic rings. The minimum atomic E-state index is -0.126. The van der Waals surface area contributed by atoms with Gasteiger partial charge in [-0.2, -0.15) is 5.10 Å². The lowest BCUT2D eigenvalue weighted by atomic mass is 10.2. The number of hydrogen-bond donors (Lipinski definition) is 1. The maximum Gasteiger partial charge on any atom is 0.0834 e. The molecule has 0 amide bonds. The first-order valence-electron chi connectivity index (χ1n) is 5.97. The van der Waals surface area contributed by atoms with Crippen LogP contribution < -0.4 is 5.73 Å². The van der Waals surface area contributed by atoms with Crippen molar-refractivity contribution in [1.29, 1.82) is 0 Å². The molecule has 1 unspecified atom stereocenters. The average Bonchev–Trinajstić information content (AvgIpc) is 2.77. The molecule has 1 aromatic heterocycles. The molecule has 0 bridgehead atoms. The Morgan fingerprint density at radius 2 is 2.32 bits per heavy atom. The normalized spacial score (nSPS) is 12.6. The van der Waals surface area contributed by atoms with Gasteiger partial charge in [0.05, 0.1) is 23.0 Å². The van der Waals surface area contributed by atoms with E-state index in [-0.39, 0.29) is 6.04 Å². The van der Waals surface area contributed by atoms with Gasteiger partial charge in [0.25, 0.3) is 0 Å². The molecular weight excluding hydrogens is 346 g/mol. The fourth-order valence-electron chi connectivity index (χ4n) is 1.81. The molecule has 1 heterocycles. The van der Waals surface area contributed by atoms with Gasteiger partial charge in [-0.25, -0.2) is 0 Å². The highest BCUT2D eigenvalue weighted by Gasteiger charge is 2.16. The SMILES string of the molecule is CCn1ncc(Cl)c1C(N)CSc1cccc(Br)c1. The molecule has 6 heteroatoms. The minimum Gasteiger partial charge on any atom is -0.322 e. The summed E-state index contributed by atoms with van der Waals surface area (Å²) in [6.45, 7) is 2.80. The third-order valence-corrected chi connectivity index (χ3v) is 4.61. The Morgan fingerprint density at radius 1 is 1.53 bits per heavy atom. The summed E-state index contributed by atoms with van der Waals surface area (Å²) in [4.78, 5) is 1.18. The molecule has 2 rings (SSSR count). The molecule has 0 saturated carbocycles. The minimum absolute atomic E-state index is 0.126. The second-order valence-electron chi connectivity index (χ2n) is 4.07. The van der Waals surface area contributed by atoms with Gasteiger partial charge in [-0.3, -0.25) is 4.68 Å². The van der Waals surface area contributed by atoms with Crippen molar-refractivity contribution in [1.82, 2.24) is 9.78 Å². The van der Waals surface area contributed by atoms with Gasteiger partial charge in [-0.1, -0.05) is 33.6 Å². The first-order valence-corrected chi connectivity index (χ1v) is 8.12. The van der Waals surface area contributed by atoms with Crippen molar-refractivity contribution in [2.75, 3.05) is 5.75 Å². The number of benzene rings is 1. The van der Waals surface area contributed by atoms with E-state index >= 15 is 0 Å². The lowest BCUT2D eigenvalue weighted by molar-refractivity contribution is 0.593. The predicted octanol–water partition coefficient (Wildman–Crippen LogP) is 4.11. The van der Waals surface area contributed by atoms with Crippen molar-refractivity contribution in [3.05, 3.63) is 45.7 Å². The Bertz CT molecular complexity index is 559. The van der Waals surface area contributed by atoms with E-state index in [1.54, 1.807) is 18.0 Å². The summed E-state index contributed by atoms with van der Waals surface area (Å²) < 4.78 is 2.93. The Labute approximate surface area is 130 Å². The Hall–Kier alpha value is -0.490. The molecule has 2 N–H and O–H groups in total. The van der Waals surface area contributed by atoms with E-state index in [1.807, 2.05) is 23.7 Å². The molecule has 0 spiro atoms. The van der Waals surface area contributed by atoms with Crippen LogP contribution in [0.1, 0.15) is 18.7 Å². The van der Waals surface area contributed by atoms with E-state index in [0.717, 1.165) is 22.5 Å². The summed E-state index contributed by atoms with van der Waals surface area (Å²) in [5.41, 5.74) is 7.13. The van der Waals surface area contributed by atoms with Crippen molar-refractivity contribution in [2.24, 2.45) is 5.73 Å². The van der Waals surface area contributed by atoms with Gasteiger partial charge >= 0.3 is 0 Å². The zero-order chi connectivity index (χ0) is 13.8. The fraction of sp³-hybridized carbons (Fsp3) is 0.308. The molecule has 0 aliphatic heterocycles. The van der Waals surface area contributed by atoms with Gasteiger partial charge < -0.3 is 5.73 Å². The number of nitrogens with two attached hydrogens (primary N) is 1. The van der Waals surface area contributed by atoms with E-state index in [9.17, 15) is 0 Å². The molecule has 0 saturated heterocycles. The zero-order valence-corrected chi connectivity index (χ0v) is 13.7. The van der Waals surface area contributed by atoms with E-state index in [2.05, 4.69) is 33.2 Å². The quantitative estimate of drug-likeness (QED) is 0.816. The zero-order valence-electron chi connectivity index (χ0n) is 10.5. The number of rotatable bonds is 5. The van der Waals surface area contributed by atoms with Gasteiger partial charge in [0.15, 0.2) is 0 Å².